The molecule has 5 aliphatic rings. The predicted octanol–water partition coefficient (Wildman–Crippen LogP) is 0.591. The highest BCUT2D eigenvalue weighted by atomic mass is 19.1. The topological polar surface area (TPSA) is 47.2 Å². The number of piperazine rings is 1. The molecule has 1 aliphatic heterocycles. The van der Waals surface area contributed by atoms with E-state index < -0.39 is 0 Å². The highest BCUT2D eigenvalue weighted by molar-refractivity contribution is 5.80. The Labute approximate surface area is 185 Å². The third-order valence-corrected chi connectivity index (χ3v) is 8.70. The molecule has 5 nitrogen and oxygen atoms in total. The van der Waals surface area contributed by atoms with Gasteiger partial charge in [0.2, 0.25) is 0 Å². The summed E-state index contributed by atoms with van der Waals surface area (Å²) < 4.78 is 19.0. The Bertz CT molecular complexity index is 786. The van der Waals surface area contributed by atoms with E-state index in [9.17, 15) is 9.18 Å². The lowest BCUT2D eigenvalue weighted by Crippen LogP contribution is -3.29. The lowest BCUT2D eigenvalue weighted by atomic mass is 9.53. The first-order chi connectivity index (χ1) is 14.9. The molecular weight excluding hydrogens is 393 g/mol. The minimum absolute atomic E-state index is 0.00739. The van der Waals surface area contributed by atoms with Crippen molar-refractivity contribution in [3.05, 3.63) is 29.6 Å². The highest BCUT2D eigenvalue weighted by Gasteiger charge is 2.52. The fraction of sp³-hybridized carbons (Fsp3) is 0.720. The van der Waals surface area contributed by atoms with Crippen LogP contribution in [0.25, 0.3) is 0 Å². The molecule has 4 saturated carbocycles. The van der Waals surface area contributed by atoms with E-state index in [-0.39, 0.29) is 23.3 Å². The number of quaternary nitrogens is 2. The van der Waals surface area contributed by atoms with Crippen LogP contribution in [0.3, 0.4) is 0 Å². The smallest absolute Gasteiger partial charge is 0.278 e. The van der Waals surface area contributed by atoms with Crippen LogP contribution in [0.2, 0.25) is 0 Å². The van der Waals surface area contributed by atoms with E-state index in [1.54, 1.807) is 12.1 Å². The highest BCUT2D eigenvalue weighted by Crippen LogP contribution is 2.55. The van der Waals surface area contributed by atoms with Gasteiger partial charge in [0.05, 0.1) is 7.11 Å². The van der Waals surface area contributed by atoms with Crippen LogP contribution in [0.15, 0.2) is 18.2 Å². The molecule has 4 aliphatic carbocycles. The fourth-order valence-corrected chi connectivity index (χ4v) is 7.46. The second-order valence-electron chi connectivity index (χ2n) is 11.0. The van der Waals surface area contributed by atoms with E-state index in [0.29, 0.717) is 5.75 Å². The molecule has 6 rings (SSSR count). The van der Waals surface area contributed by atoms with Gasteiger partial charge in [-0.25, -0.2) is 4.39 Å². The van der Waals surface area contributed by atoms with Gasteiger partial charge in [-0.1, -0.05) is 0 Å². The molecule has 1 heterocycles. The van der Waals surface area contributed by atoms with Crippen molar-refractivity contribution < 1.29 is 23.7 Å². The Morgan fingerprint density at radius 2 is 1.74 bits per heavy atom. The van der Waals surface area contributed by atoms with Gasteiger partial charge in [-0.2, -0.15) is 0 Å². The number of rotatable bonds is 6. The molecule has 0 unspecified atom stereocenters. The molecule has 0 aromatic heterocycles. The Morgan fingerprint density at radius 1 is 1.13 bits per heavy atom. The van der Waals surface area contributed by atoms with Gasteiger partial charge in [0.15, 0.2) is 17.6 Å². The van der Waals surface area contributed by atoms with Crippen molar-refractivity contribution in [3.63, 3.8) is 0 Å². The first kappa shape index (κ1) is 21.2. The zero-order valence-corrected chi connectivity index (χ0v) is 19.0. The Morgan fingerprint density at radius 3 is 2.29 bits per heavy atom. The number of methoxy groups -OCH3 is 1. The summed E-state index contributed by atoms with van der Waals surface area (Å²) in [6.07, 6.45) is 7.84. The predicted molar refractivity (Wildman–Crippen MR) is 117 cm³/mol. The summed E-state index contributed by atoms with van der Waals surface area (Å²) in [7, 11) is 1.49. The number of carbonyl (C=O) groups excluding carboxylic acids is 1. The average molecular weight is 432 g/mol. The molecule has 5 fully saturated rings. The molecule has 3 N–H and O–H groups in total. The van der Waals surface area contributed by atoms with Crippen molar-refractivity contribution in [2.75, 3.05) is 33.3 Å². The van der Waals surface area contributed by atoms with Crippen molar-refractivity contribution >= 4 is 5.91 Å². The molecule has 4 bridgehead atoms. The number of hydrogen-bond donors (Lipinski definition) is 3. The number of carbonyl (C=O) groups is 1. The number of halogens is 1. The number of hydrogen-bond acceptors (Lipinski definition) is 2. The van der Waals surface area contributed by atoms with Gasteiger partial charge in [0.25, 0.3) is 5.91 Å². The third kappa shape index (κ3) is 4.34. The van der Waals surface area contributed by atoms with Gasteiger partial charge in [-0.15, -0.1) is 0 Å². The Kier molecular flexibility index (Phi) is 5.72. The molecule has 1 aromatic carbocycles. The Balaban J connectivity index is 1.13. The largest absolute Gasteiger partial charge is 0.494 e. The second-order valence-corrected chi connectivity index (χ2v) is 11.0. The van der Waals surface area contributed by atoms with Gasteiger partial charge in [0.1, 0.15) is 32.7 Å². The number of ether oxygens (including phenoxy) is 1. The van der Waals surface area contributed by atoms with E-state index in [0.717, 1.165) is 56.0 Å². The molecule has 170 valence electrons. The quantitative estimate of drug-likeness (QED) is 0.618. The van der Waals surface area contributed by atoms with Gasteiger partial charge >= 0.3 is 0 Å². The molecular formula is C25H38FN3O2+2. The van der Waals surface area contributed by atoms with Gasteiger partial charge in [0, 0.05) is 11.1 Å². The maximum absolute atomic E-state index is 14.0. The molecule has 0 spiro atoms. The van der Waals surface area contributed by atoms with Crippen molar-refractivity contribution in [1.29, 1.82) is 0 Å². The maximum Gasteiger partial charge on any atom is 0.278 e. The van der Waals surface area contributed by atoms with E-state index in [1.807, 2.05) is 6.07 Å². The van der Waals surface area contributed by atoms with Crippen LogP contribution in [0, 0.1) is 23.6 Å². The van der Waals surface area contributed by atoms with E-state index in [4.69, 9.17) is 4.74 Å². The van der Waals surface area contributed by atoms with E-state index in [2.05, 4.69) is 12.2 Å². The fourth-order valence-electron chi connectivity index (χ4n) is 7.46. The second kappa shape index (κ2) is 8.36. The summed E-state index contributed by atoms with van der Waals surface area (Å²) in [5, 5.41) is 3.57. The van der Waals surface area contributed by atoms with Gasteiger partial charge in [-0.3, -0.25) is 4.79 Å². The molecule has 1 atom stereocenters. The molecule has 31 heavy (non-hydrogen) atoms. The van der Waals surface area contributed by atoms with Crippen LogP contribution in [0.5, 0.6) is 5.75 Å². The summed E-state index contributed by atoms with van der Waals surface area (Å²) in [5.41, 5.74) is 1.11. The van der Waals surface area contributed by atoms with Crippen LogP contribution >= 0.6 is 0 Å². The molecule has 0 radical (unpaired) electrons. The van der Waals surface area contributed by atoms with Crippen LogP contribution in [-0.4, -0.2) is 50.8 Å². The van der Waals surface area contributed by atoms with Crippen molar-refractivity contribution in [2.45, 2.75) is 63.6 Å². The minimum Gasteiger partial charge on any atom is -0.494 e. The van der Waals surface area contributed by atoms with Crippen LogP contribution in [0.1, 0.15) is 51.0 Å². The normalized spacial score (nSPS) is 37.5. The zero-order chi connectivity index (χ0) is 21.6. The van der Waals surface area contributed by atoms with Crippen molar-refractivity contribution in [1.82, 2.24) is 5.32 Å². The Hall–Kier alpha value is -1.66. The van der Waals surface area contributed by atoms with E-state index >= 15 is 0 Å². The van der Waals surface area contributed by atoms with Crippen molar-refractivity contribution in [3.8, 4) is 5.75 Å². The summed E-state index contributed by atoms with van der Waals surface area (Å²) >= 11 is 0. The summed E-state index contributed by atoms with van der Waals surface area (Å²) in [6.45, 7) is 6.93. The van der Waals surface area contributed by atoms with Crippen molar-refractivity contribution in [2.24, 2.45) is 17.8 Å². The first-order valence-electron chi connectivity index (χ1n) is 12.3. The van der Waals surface area contributed by atoms with Crippen LogP contribution in [-0.2, 0) is 11.3 Å². The zero-order valence-electron chi connectivity index (χ0n) is 19.0. The van der Waals surface area contributed by atoms with Crippen LogP contribution < -0.4 is 19.9 Å². The number of benzene rings is 1. The number of nitrogens with one attached hydrogen (secondary N) is 3. The number of amides is 1. The standard InChI is InChI=1S/C25H36FN3O2/c1-17(24(30)27-25-13-19-9-20(14-25)11-21(10-19)15-25)29-7-5-28(6-8-29)16-18-3-4-23(31-2)22(26)12-18/h3-4,12,17,19-21H,5-11,13-16H2,1-2H3,(H,27,30)/p+2/t17-,19?,20?,21?,25?/m1/s1. The molecule has 1 saturated heterocycles. The maximum atomic E-state index is 14.0. The molecule has 6 heteroatoms. The van der Waals surface area contributed by atoms with E-state index in [1.165, 1.54) is 55.4 Å². The van der Waals surface area contributed by atoms with Crippen LogP contribution in [0.4, 0.5) is 4.39 Å². The van der Waals surface area contributed by atoms with Gasteiger partial charge in [-0.05, 0) is 81.4 Å². The van der Waals surface area contributed by atoms with Gasteiger partial charge < -0.3 is 19.9 Å². The summed E-state index contributed by atoms with van der Waals surface area (Å²) in [4.78, 5) is 16.1. The first-order valence-corrected chi connectivity index (χ1v) is 12.3. The molecule has 1 amide bonds. The third-order valence-electron chi connectivity index (χ3n) is 8.70. The lowest BCUT2D eigenvalue weighted by molar-refractivity contribution is -1.02. The summed E-state index contributed by atoms with van der Waals surface area (Å²) in [6, 6.07) is 5.26. The monoisotopic (exact) mass is 431 g/mol. The minimum atomic E-state index is -0.293. The lowest BCUT2D eigenvalue weighted by Gasteiger charge is -2.57. The summed E-state index contributed by atoms with van der Waals surface area (Å²) in [5.74, 6) is 2.82. The molecule has 1 aromatic rings. The SMILES string of the molecule is COc1ccc(C[NH+]2CC[NH+]([C@H](C)C(=O)NC34CC5CC(CC(C5)C3)C4)CC2)cc1F. The average Bonchev–Trinajstić information content (AvgIpc) is 2.72.